The minimum absolute atomic E-state index is 0.679. The molecule has 1 aromatic carbocycles. The molecule has 19 heavy (non-hydrogen) atoms. The molecule has 0 bridgehead atoms. The van der Waals surface area contributed by atoms with Crippen LogP contribution in [0.3, 0.4) is 0 Å². The van der Waals surface area contributed by atoms with Crippen molar-refractivity contribution in [1.82, 2.24) is 10.3 Å². The van der Waals surface area contributed by atoms with Gasteiger partial charge in [-0.1, -0.05) is 28.9 Å². The molecule has 0 amide bonds. The Bertz CT molecular complexity index is 560. The first-order chi connectivity index (χ1) is 9.24. The third-order valence-corrected chi connectivity index (χ3v) is 3.99. The summed E-state index contributed by atoms with van der Waals surface area (Å²) < 4.78 is 7.82. The molecule has 0 saturated carbocycles. The Hall–Kier alpha value is -0.650. The number of aromatic nitrogens is 1. The second-order valence-corrected chi connectivity index (χ2v) is 5.83. The second kappa shape index (κ2) is 7.22. The Balaban J connectivity index is 2.18. The average molecular weight is 388 g/mol. The number of hydrogen-bond acceptors (Lipinski definition) is 3. The number of nitrogens with one attached hydrogen (secondary N) is 1. The monoisotopic (exact) mass is 386 g/mol. The third kappa shape index (κ3) is 3.68. The molecule has 0 aliphatic carbocycles. The van der Waals surface area contributed by atoms with Crippen LogP contribution in [0.25, 0.3) is 10.9 Å². The fraction of sp³-hybridized carbons (Fsp3) is 0.357. The predicted octanol–water partition coefficient (Wildman–Crippen LogP) is 4.14. The number of halogens is 2. The molecule has 1 N–H and O–H groups in total. The molecule has 0 unspecified atom stereocenters. The lowest BCUT2D eigenvalue weighted by Crippen LogP contribution is -2.16. The van der Waals surface area contributed by atoms with Gasteiger partial charge < -0.3 is 10.1 Å². The Kier molecular flexibility index (Phi) is 5.60. The molecule has 2 aromatic rings. The van der Waals surface area contributed by atoms with Gasteiger partial charge in [-0.2, -0.15) is 0 Å². The first-order valence-corrected chi connectivity index (χ1v) is 7.89. The highest BCUT2D eigenvalue weighted by Crippen LogP contribution is 2.37. The van der Waals surface area contributed by atoms with E-state index in [2.05, 4.69) is 49.1 Å². The van der Waals surface area contributed by atoms with Gasteiger partial charge in [0, 0.05) is 16.1 Å². The van der Waals surface area contributed by atoms with Crippen LogP contribution < -0.4 is 10.1 Å². The summed E-state index contributed by atoms with van der Waals surface area (Å²) in [6.07, 6.45) is 2.76. The van der Waals surface area contributed by atoms with Crippen LogP contribution in [0.5, 0.6) is 5.75 Å². The lowest BCUT2D eigenvalue weighted by atomic mass is 10.2. The van der Waals surface area contributed by atoms with E-state index in [0.717, 1.165) is 45.1 Å². The number of benzene rings is 1. The summed E-state index contributed by atoms with van der Waals surface area (Å²) in [5, 5.41) is 4.34. The van der Waals surface area contributed by atoms with Gasteiger partial charge in [-0.3, -0.25) is 4.98 Å². The molecule has 5 heteroatoms. The van der Waals surface area contributed by atoms with Crippen LogP contribution in [0.2, 0.25) is 0 Å². The van der Waals surface area contributed by atoms with Crippen molar-refractivity contribution < 1.29 is 4.74 Å². The summed E-state index contributed by atoms with van der Waals surface area (Å²) in [7, 11) is 0. The number of pyridine rings is 1. The first-order valence-electron chi connectivity index (χ1n) is 6.30. The van der Waals surface area contributed by atoms with Crippen LogP contribution in [0.4, 0.5) is 0 Å². The molecule has 0 aliphatic rings. The Morgan fingerprint density at radius 3 is 2.95 bits per heavy atom. The van der Waals surface area contributed by atoms with Gasteiger partial charge in [0.2, 0.25) is 0 Å². The van der Waals surface area contributed by atoms with Crippen molar-refractivity contribution in [3.8, 4) is 5.75 Å². The molecular weight excluding hydrogens is 372 g/mol. The van der Waals surface area contributed by atoms with Crippen LogP contribution >= 0.6 is 31.9 Å². The molecule has 3 nitrogen and oxygen atoms in total. The van der Waals surface area contributed by atoms with E-state index in [-0.39, 0.29) is 0 Å². The minimum atomic E-state index is 0.679. The first kappa shape index (κ1) is 14.8. The molecular formula is C14H16Br2N2O. The van der Waals surface area contributed by atoms with Gasteiger partial charge in [0.15, 0.2) is 5.75 Å². The van der Waals surface area contributed by atoms with Crippen LogP contribution in [-0.4, -0.2) is 24.7 Å². The number of hydrogen-bond donors (Lipinski definition) is 1. The molecule has 0 radical (unpaired) electrons. The maximum atomic E-state index is 5.88. The quantitative estimate of drug-likeness (QED) is 0.756. The van der Waals surface area contributed by atoms with Crippen molar-refractivity contribution in [3.05, 3.63) is 33.3 Å². The fourth-order valence-corrected chi connectivity index (χ4v) is 3.22. The largest absolute Gasteiger partial charge is 0.490 e. The molecule has 0 aliphatic heterocycles. The van der Waals surface area contributed by atoms with Gasteiger partial charge in [-0.25, -0.2) is 0 Å². The normalized spacial score (nSPS) is 10.9. The standard InChI is InChI=1S/C14H16Br2N2O/c1-2-17-6-4-8-19-14-12(16)9-11(15)10-5-3-7-18-13(10)14/h3,5,7,9,17H,2,4,6,8H2,1H3. The van der Waals surface area contributed by atoms with E-state index in [9.17, 15) is 0 Å². The SMILES string of the molecule is CCNCCCOc1c(Br)cc(Br)c2cccnc12. The number of rotatable bonds is 6. The van der Waals surface area contributed by atoms with Crippen molar-refractivity contribution in [2.75, 3.05) is 19.7 Å². The third-order valence-electron chi connectivity index (χ3n) is 2.74. The smallest absolute Gasteiger partial charge is 0.159 e. The minimum Gasteiger partial charge on any atom is -0.490 e. The van der Waals surface area contributed by atoms with Gasteiger partial charge >= 0.3 is 0 Å². The molecule has 0 atom stereocenters. The highest BCUT2D eigenvalue weighted by Gasteiger charge is 2.11. The van der Waals surface area contributed by atoms with Gasteiger partial charge in [-0.15, -0.1) is 0 Å². The van der Waals surface area contributed by atoms with E-state index in [1.165, 1.54) is 0 Å². The zero-order valence-corrected chi connectivity index (χ0v) is 13.9. The van der Waals surface area contributed by atoms with Gasteiger partial charge in [0.25, 0.3) is 0 Å². The van der Waals surface area contributed by atoms with E-state index >= 15 is 0 Å². The Labute approximate surface area is 130 Å². The van der Waals surface area contributed by atoms with E-state index in [0.29, 0.717) is 6.61 Å². The zero-order valence-electron chi connectivity index (χ0n) is 10.7. The van der Waals surface area contributed by atoms with E-state index in [4.69, 9.17) is 4.74 Å². The molecule has 0 fully saturated rings. The highest BCUT2D eigenvalue weighted by molar-refractivity contribution is 9.11. The van der Waals surface area contributed by atoms with Gasteiger partial charge in [0.1, 0.15) is 5.52 Å². The summed E-state index contributed by atoms with van der Waals surface area (Å²) >= 11 is 7.09. The summed E-state index contributed by atoms with van der Waals surface area (Å²) in [6.45, 7) is 4.74. The number of ether oxygens (including phenoxy) is 1. The number of nitrogens with zero attached hydrogens (tertiary/aromatic N) is 1. The highest BCUT2D eigenvalue weighted by atomic mass is 79.9. The maximum absolute atomic E-state index is 5.88. The Morgan fingerprint density at radius 1 is 1.32 bits per heavy atom. The molecule has 2 rings (SSSR count). The molecule has 102 valence electrons. The van der Waals surface area contributed by atoms with Gasteiger partial charge in [-0.05, 0) is 47.6 Å². The van der Waals surface area contributed by atoms with E-state index in [1.54, 1.807) is 6.20 Å². The summed E-state index contributed by atoms with van der Waals surface area (Å²) in [5.41, 5.74) is 0.882. The Morgan fingerprint density at radius 2 is 2.16 bits per heavy atom. The maximum Gasteiger partial charge on any atom is 0.159 e. The van der Waals surface area contributed by atoms with Crippen molar-refractivity contribution >= 4 is 42.8 Å². The van der Waals surface area contributed by atoms with Crippen molar-refractivity contribution in [2.45, 2.75) is 13.3 Å². The second-order valence-electron chi connectivity index (χ2n) is 4.12. The topological polar surface area (TPSA) is 34.1 Å². The molecule has 0 saturated heterocycles. The lowest BCUT2D eigenvalue weighted by molar-refractivity contribution is 0.310. The summed E-state index contributed by atoms with van der Waals surface area (Å²) in [5.74, 6) is 0.815. The molecule has 1 heterocycles. The lowest BCUT2D eigenvalue weighted by Gasteiger charge is -2.12. The summed E-state index contributed by atoms with van der Waals surface area (Å²) in [6, 6.07) is 5.96. The average Bonchev–Trinajstić information content (AvgIpc) is 2.42. The van der Waals surface area contributed by atoms with Crippen molar-refractivity contribution in [1.29, 1.82) is 0 Å². The van der Waals surface area contributed by atoms with Crippen LogP contribution in [-0.2, 0) is 0 Å². The summed E-state index contributed by atoms with van der Waals surface area (Å²) in [4.78, 5) is 4.42. The number of fused-ring (bicyclic) bond motifs is 1. The molecule has 0 spiro atoms. The van der Waals surface area contributed by atoms with Crippen LogP contribution in [0.1, 0.15) is 13.3 Å². The fourth-order valence-electron chi connectivity index (χ4n) is 1.83. The predicted molar refractivity (Wildman–Crippen MR) is 85.8 cm³/mol. The van der Waals surface area contributed by atoms with Gasteiger partial charge in [0.05, 0.1) is 11.1 Å². The van der Waals surface area contributed by atoms with Crippen molar-refractivity contribution in [2.24, 2.45) is 0 Å². The van der Waals surface area contributed by atoms with Crippen LogP contribution in [0.15, 0.2) is 33.3 Å². The van der Waals surface area contributed by atoms with Crippen molar-refractivity contribution in [3.63, 3.8) is 0 Å². The van der Waals surface area contributed by atoms with Crippen LogP contribution in [0, 0.1) is 0 Å². The molecule has 1 aromatic heterocycles. The van der Waals surface area contributed by atoms with E-state index < -0.39 is 0 Å². The zero-order chi connectivity index (χ0) is 13.7. The van der Waals surface area contributed by atoms with E-state index in [1.807, 2.05) is 18.2 Å².